The first-order chi connectivity index (χ1) is 8.09. The van der Waals surface area contributed by atoms with Gasteiger partial charge in [-0.05, 0) is 19.8 Å². The van der Waals surface area contributed by atoms with Gasteiger partial charge in [-0.3, -0.25) is 9.59 Å². The van der Waals surface area contributed by atoms with Gasteiger partial charge >= 0.3 is 0 Å². The number of rotatable bonds is 3. The standard InChI is InChI=1S/C10H15N5O2/c1-6-2-3-8(10(11)17)15(6)9(16)4-7-5-12-14-13-7/h5-6,8H,2-4H2,1H3,(H2,11,17)(H,12,13,14). The van der Waals surface area contributed by atoms with Crippen molar-refractivity contribution in [3.05, 3.63) is 11.9 Å². The van der Waals surface area contributed by atoms with Crippen molar-refractivity contribution in [1.82, 2.24) is 20.3 Å². The van der Waals surface area contributed by atoms with Gasteiger partial charge < -0.3 is 10.6 Å². The summed E-state index contributed by atoms with van der Waals surface area (Å²) in [6.45, 7) is 1.92. The van der Waals surface area contributed by atoms with Crippen molar-refractivity contribution in [3.8, 4) is 0 Å². The van der Waals surface area contributed by atoms with Gasteiger partial charge in [0.15, 0.2) is 0 Å². The summed E-state index contributed by atoms with van der Waals surface area (Å²) in [7, 11) is 0. The lowest BCUT2D eigenvalue weighted by Gasteiger charge is -2.26. The minimum absolute atomic E-state index is 0.0481. The molecule has 2 rings (SSSR count). The van der Waals surface area contributed by atoms with Gasteiger partial charge in [0.05, 0.1) is 18.3 Å². The molecule has 7 heteroatoms. The Morgan fingerprint density at radius 2 is 2.35 bits per heavy atom. The summed E-state index contributed by atoms with van der Waals surface area (Å²) in [5, 5.41) is 9.91. The third kappa shape index (κ3) is 2.27. The number of carbonyl (C=O) groups excluding carboxylic acids is 2. The van der Waals surface area contributed by atoms with Gasteiger partial charge in [-0.2, -0.15) is 15.4 Å². The Labute approximate surface area is 98.4 Å². The molecular formula is C10H15N5O2. The molecule has 0 aliphatic carbocycles. The molecule has 0 radical (unpaired) electrons. The highest BCUT2D eigenvalue weighted by atomic mass is 16.2. The normalized spacial score (nSPS) is 23.9. The topological polar surface area (TPSA) is 105 Å². The fraction of sp³-hybridized carbons (Fsp3) is 0.600. The molecule has 1 saturated heterocycles. The predicted molar refractivity (Wildman–Crippen MR) is 58.6 cm³/mol. The molecule has 0 aromatic carbocycles. The van der Waals surface area contributed by atoms with Gasteiger partial charge in [-0.1, -0.05) is 0 Å². The zero-order valence-corrected chi connectivity index (χ0v) is 9.59. The summed E-state index contributed by atoms with van der Waals surface area (Å²) in [5.74, 6) is -0.574. The Morgan fingerprint density at radius 3 is 2.94 bits per heavy atom. The van der Waals surface area contributed by atoms with E-state index in [1.807, 2.05) is 6.92 Å². The summed E-state index contributed by atoms with van der Waals surface area (Å²) in [4.78, 5) is 24.9. The first-order valence-corrected chi connectivity index (χ1v) is 5.54. The van der Waals surface area contributed by atoms with Crippen molar-refractivity contribution in [2.45, 2.75) is 38.3 Å². The van der Waals surface area contributed by atoms with Crippen LogP contribution in [0.25, 0.3) is 0 Å². The highest BCUT2D eigenvalue weighted by Crippen LogP contribution is 2.24. The van der Waals surface area contributed by atoms with Crippen molar-refractivity contribution >= 4 is 11.8 Å². The van der Waals surface area contributed by atoms with Crippen molar-refractivity contribution in [1.29, 1.82) is 0 Å². The van der Waals surface area contributed by atoms with E-state index in [0.29, 0.717) is 12.1 Å². The van der Waals surface area contributed by atoms with Crippen LogP contribution in [0.1, 0.15) is 25.5 Å². The van der Waals surface area contributed by atoms with Gasteiger partial charge in [0.2, 0.25) is 11.8 Å². The molecule has 92 valence electrons. The van der Waals surface area contributed by atoms with Crippen LogP contribution in [-0.2, 0) is 16.0 Å². The molecule has 0 bridgehead atoms. The maximum Gasteiger partial charge on any atom is 0.240 e. The number of hydrogen-bond acceptors (Lipinski definition) is 4. The highest BCUT2D eigenvalue weighted by molar-refractivity contribution is 5.88. The van der Waals surface area contributed by atoms with Crippen molar-refractivity contribution in [3.63, 3.8) is 0 Å². The molecule has 2 heterocycles. The van der Waals surface area contributed by atoms with E-state index in [9.17, 15) is 9.59 Å². The van der Waals surface area contributed by atoms with E-state index in [2.05, 4.69) is 15.4 Å². The fourth-order valence-electron chi connectivity index (χ4n) is 2.24. The van der Waals surface area contributed by atoms with E-state index in [-0.39, 0.29) is 18.4 Å². The third-order valence-corrected chi connectivity index (χ3v) is 3.08. The number of nitrogens with one attached hydrogen (secondary N) is 1. The molecule has 2 atom stereocenters. The lowest BCUT2D eigenvalue weighted by molar-refractivity contribution is -0.138. The molecular weight excluding hydrogens is 222 g/mol. The number of hydrogen-bond donors (Lipinski definition) is 2. The van der Waals surface area contributed by atoms with Gasteiger partial charge in [0, 0.05) is 6.04 Å². The van der Waals surface area contributed by atoms with Crippen molar-refractivity contribution in [2.24, 2.45) is 5.73 Å². The molecule has 7 nitrogen and oxygen atoms in total. The third-order valence-electron chi connectivity index (χ3n) is 3.08. The fourth-order valence-corrected chi connectivity index (χ4v) is 2.24. The largest absolute Gasteiger partial charge is 0.368 e. The summed E-state index contributed by atoms with van der Waals surface area (Å²) in [5.41, 5.74) is 5.86. The van der Waals surface area contributed by atoms with Crippen LogP contribution in [-0.4, -0.2) is 44.2 Å². The molecule has 3 N–H and O–H groups in total. The number of carbonyl (C=O) groups is 2. The van der Waals surface area contributed by atoms with E-state index in [0.717, 1.165) is 6.42 Å². The molecule has 1 aliphatic rings. The summed E-state index contributed by atoms with van der Waals surface area (Å²) in [6, 6.07) is -0.434. The SMILES string of the molecule is CC1CCC(C(N)=O)N1C(=O)Cc1cn[nH]n1. The van der Waals surface area contributed by atoms with E-state index >= 15 is 0 Å². The van der Waals surface area contributed by atoms with Crippen LogP contribution in [0.5, 0.6) is 0 Å². The smallest absolute Gasteiger partial charge is 0.240 e. The van der Waals surface area contributed by atoms with Crippen LogP contribution in [0.4, 0.5) is 0 Å². The van der Waals surface area contributed by atoms with Crippen LogP contribution in [0.2, 0.25) is 0 Å². The second kappa shape index (κ2) is 4.52. The van der Waals surface area contributed by atoms with Gasteiger partial charge in [-0.15, -0.1) is 0 Å². The van der Waals surface area contributed by atoms with E-state index in [4.69, 9.17) is 5.73 Å². The zero-order chi connectivity index (χ0) is 12.4. The Bertz CT molecular complexity index is 416. The molecule has 17 heavy (non-hydrogen) atoms. The lowest BCUT2D eigenvalue weighted by Crippen LogP contribution is -2.47. The monoisotopic (exact) mass is 237 g/mol. The Balaban J connectivity index is 2.09. The number of aromatic amines is 1. The Kier molecular flexibility index (Phi) is 3.08. The second-order valence-electron chi connectivity index (χ2n) is 4.28. The quantitative estimate of drug-likeness (QED) is 0.718. The number of primary amides is 1. The Morgan fingerprint density at radius 1 is 1.59 bits per heavy atom. The zero-order valence-electron chi connectivity index (χ0n) is 9.59. The molecule has 2 amide bonds. The second-order valence-corrected chi connectivity index (χ2v) is 4.28. The highest BCUT2D eigenvalue weighted by Gasteiger charge is 2.37. The molecule has 1 aromatic rings. The molecule has 1 aromatic heterocycles. The average Bonchev–Trinajstić information content (AvgIpc) is 2.86. The number of H-pyrrole nitrogens is 1. The lowest BCUT2D eigenvalue weighted by atomic mass is 10.2. The summed E-state index contributed by atoms with van der Waals surface area (Å²) < 4.78 is 0. The minimum Gasteiger partial charge on any atom is -0.368 e. The van der Waals surface area contributed by atoms with Crippen LogP contribution in [0, 0.1) is 0 Å². The van der Waals surface area contributed by atoms with Crippen molar-refractivity contribution in [2.75, 3.05) is 0 Å². The van der Waals surface area contributed by atoms with Crippen molar-refractivity contribution < 1.29 is 9.59 Å². The molecule has 2 unspecified atom stereocenters. The maximum absolute atomic E-state index is 12.1. The minimum atomic E-state index is -0.482. The average molecular weight is 237 g/mol. The first kappa shape index (κ1) is 11.6. The molecule has 1 fully saturated rings. The number of likely N-dealkylation sites (tertiary alicyclic amines) is 1. The Hall–Kier alpha value is -1.92. The number of amides is 2. The van der Waals surface area contributed by atoms with Crippen LogP contribution in [0.15, 0.2) is 6.20 Å². The van der Waals surface area contributed by atoms with Crippen LogP contribution < -0.4 is 5.73 Å². The van der Waals surface area contributed by atoms with E-state index in [1.165, 1.54) is 6.20 Å². The van der Waals surface area contributed by atoms with Crippen LogP contribution >= 0.6 is 0 Å². The summed E-state index contributed by atoms with van der Waals surface area (Å²) >= 11 is 0. The van der Waals surface area contributed by atoms with E-state index in [1.54, 1.807) is 4.90 Å². The van der Waals surface area contributed by atoms with Crippen LogP contribution in [0.3, 0.4) is 0 Å². The first-order valence-electron chi connectivity index (χ1n) is 5.54. The molecule has 0 spiro atoms. The van der Waals surface area contributed by atoms with Gasteiger partial charge in [-0.25, -0.2) is 0 Å². The number of aromatic nitrogens is 3. The maximum atomic E-state index is 12.1. The number of nitrogens with two attached hydrogens (primary N) is 1. The van der Waals surface area contributed by atoms with E-state index < -0.39 is 11.9 Å². The molecule has 0 saturated carbocycles. The van der Waals surface area contributed by atoms with Gasteiger partial charge in [0.1, 0.15) is 6.04 Å². The summed E-state index contributed by atoms with van der Waals surface area (Å²) in [6.07, 6.45) is 3.09. The van der Waals surface area contributed by atoms with Gasteiger partial charge in [0.25, 0.3) is 0 Å². The predicted octanol–water partition coefficient (Wildman–Crippen LogP) is -0.788. The molecule has 1 aliphatic heterocycles. The number of nitrogens with zero attached hydrogens (tertiary/aromatic N) is 3.